The molecule has 0 N–H and O–H groups in total. The Hall–Kier alpha value is -1.35. The van der Waals surface area contributed by atoms with E-state index in [1.807, 2.05) is 6.07 Å². The lowest BCUT2D eigenvalue weighted by Gasteiger charge is -2.04. The summed E-state index contributed by atoms with van der Waals surface area (Å²) in [5, 5.41) is 5.19. The van der Waals surface area contributed by atoms with E-state index in [1.165, 1.54) is 17.7 Å². The topological polar surface area (TPSA) is 17.8 Å². The van der Waals surface area contributed by atoms with Crippen LogP contribution in [0.5, 0.6) is 0 Å². The molecule has 17 heavy (non-hydrogen) atoms. The van der Waals surface area contributed by atoms with Crippen molar-refractivity contribution in [2.75, 3.05) is 0 Å². The molecule has 0 atom stereocenters. The molecule has 1 aliphatic rings. The van der Waals surface area contributed by atoms with Gasteiger partial charge in [0.25, 0.3) is 0 Å². The summed E-state index contributed by atoms with van der Waals surface area (Å²) in [6.07, 6.45) is 3.15. The van der Waals surface area contributed by atoms with Crippen molar-refractivity contribution in [2.45, 2.75) is 25.8 Å². The smallest absolute Gasteiger partial charge is 0.130 e. The van der Waals surface area contributed by atoms with Crippen LogP contribution in [0.15, 0.2) is 24.3 Å². The highest BCUT2D eigenvalue weighted by molar-refractivity contribution is 6.30. The minimum atomic E-state index is -0.224. The Morgan fingerprint density at radius 2 is 2.24 bits per heavy atom. The van der Waals surface area contributed by atoms with Crippen LogP contribution in [-0.4, -0.2) is 9.78 Å². The maximum atomic E-state index is 13.1. The number of hydrogen-bond acceptors (Lipinski definition) is 1. The third-order valence-electron chi connectivity index (χ3n) is 3.13. The van der Waals surface area contributed by atoms with Gasteiger partial charge in [-0.05, 0) is 37.0 Å². The van der Waals surface area contributed by atoms with Crippen LogP contribution in [0.3, 0.4) is 0 Å². The van der Waals surface area contributed by atoms with Gasteiger partial charge >= 0.3 is 0 Å². The molecule has 3 rings (SSSR count). The van der Waals surface area contributed by atoms with E-state index in [0.717, 1.165) is 30.5 Å². The molecule has 0 unspecified atom stereocenters. The Morgan fingerprint density at radius 3 is 3.00 bits per heavy atom. The number of nitrogens with zero attached hydrogens (tertiary/aromatic N) is 2. The fraction of sp³-hybridized carbons (Fsp3) is 0.308. The molecule has 4 heteroatoms. The summed E-state index contributed by atoms with van der Waals surface area (Å²) in [6, 6.07) is 6.54. The van der Waals surface area contributed by atoms with E-state index < -0.39 is 0 Å². The van der Waals surface area contributed by atoms with Crippen molar-refractivity contribution >= 4 is 11.6 Å². The van der Waals surface area contributed by atoms with Gasteiger partial charge in [0.1, 0.15) is 11.0 Å². The second-order valence-electron chi connectivity index (χ2n) is 4.36. The lowest BCUT2D eigenvalue weighted by atomic mass is 10.2. The molecule has 0 aliphatic heterocycles. The molecule has 0 saturated carbocycles. The monoisotopic (exact) mass is 250 g/mol. The molecule has 1 heterocycles. The van der Waals surface area contributed by atoms with Gasteiger partial charge in [-0.25, -0.2) is 9.07 Å². The summed E-state index contributed by atoms with van der Waals surface area (Å²) in [5.74, 6) is -0.224. The SMILES string of the molecule is Fc1cccc(Cn2nc3c(c2Cl)CCC3)c1. The van der Waals surface area contributed by atoms with Crippen molar-refractivity contribution in [1.29, 1.82) is 0 Å². The van der Waals surface area contributed by atoms with Crippen molar-refractivity contribution < 1.29 is 4.39 Å². The van der Waals surface area contributed by atoms with Crippen LogP contribution in [0.4, 0.5) is 4.39 Å². The molecule has 0 fully saturated rings. The zero-order chi connectivity index (χ0) is 11.8. The molecule has 0 spiro atoms. The highest BCUT2D eigenvalue weighted by Gasteiger charge is 2.20. The molecular weight excluding hydrogens is 239 g/mol. The first-order valence-electron chi connectivity index (χ1n) is 5.72. The van der Waals surface area contributed by atoms with E-state index in [4.69, 9.17) is 11.6 Å². The van der Waals surface area contributed by atoms with Crippen molar-refractivity contribution in [2.24, 2.45) is 0 Å². The Bertz CT molecular complexity index is 563. The Balaban J connectivity index is 1.91. The standard InChI is InChI=1S/C13H12ClFN2/c14-13-11-5-2-6-12(11)16-17(13)8-9-3-1-4-10(15)7-9/h1,3-4,7H,2,5-6,8H2. The molecular formula is C13H12ClFN2. The minimum Gasteiger partial charge on any atom is -0.249 e. The zero-order valence-corrected chi connectivity index (χ0v) is 10.0. The van der Waals surface area contributed by atoms with Gasteiger partial charge in [0, 0.05) is 5.56 Å². The van der Waals surface area contributed by atoms with Crippen LogP contribution in [0, 0.1) is 5.82 Å². The predicted octanol–water partition coefficient (Wildman–Crippen LogP) is 3.21. The average molecular weight is 251 g/mol. The van der Waals surface area contributed by atoms with E-state index in [-0.39, 0.29) is 5.82 Å². The van der Waals surface area contributed by atoms with Gasteiger partial charge in [-0.3, -0.25) is 0 Å². The van der Waals surface area contributed by atoms with Gasteiger partial charge in [-0.15, -0.1) is 0 Å². The maximum absolute atomic E-state index is 13.1. The summed E-state index contributed by atoms with van der Waals surface area (Å²) in [7, 11) is 0. The number of aromatic nitrogens is 2. The van der Waals surface area contributed by atoms with Crippen molar-refractivity contribution in [3.8, 4) is 0 Å². The summed E-state index contributed by atoms with van der Waals surface area (Å²) >= 11 is 6.27. The van der Waals surface area contributed by atoms with Crippen LogP contribution in [-0.2, 0) is 19.4 Å². The second kappa shape index (κ2) is 4.15. The van der Waals surface area contributed by atoms with Gasteiger partial charge < -0.3 is 0 Å². The average Bonchev–Trinajstić information content (AvgIpc) is 2.84. The lowest BCUT2D eigenvalue weighted by molar-refractivity contribution is 0.617. The molecule has 1 aliphatic carbocycles. The summed E-state index contributed by atoms with van der Waals surface area (Å²) in [6.45, 7) is 0.531. The van der Waals surface area contributed by atoms with Gasteiger partial charge in [-0.2, -0.15) is 5.10 Å². The highest BCUT2D eigenvalue weighted by atomic mass is 35.5. The van der Waals surface area contributed by atoms with Crippen molar-refractivity contribution in [3.05, 3.63) is 52.1 Å². The third-order valence-corrected chi connectivity index (χ3v) is 3.55. The number of rotatable bonds is 2. The number of fused-ring (bicyclic) bond motifs is 1. The highest BCUT2D eigenvalue weighted by Crippen LogP contribution is 2.28. The van der Waals surface area contributed by atoms with Gasteiger partial charge in [0.2, 0.25) is 0 Å². The first kappa shape index (κ1) is 10.8. The van der Waals surface area contributed by atoms with Crippen LogP contribution >= 0.6 is 11.6 Å². The van der Waals surface area contributed by atoms with Crippen LogP contribution in [0.2, 0.25) is 5.15 Å². The minimum absolute atomic E-state index is 0.224. The fourth-order valence-electron chi connectivity index (χ4n) is 2.32. The van der Waals surface area contributed by atoms with E-state index >= 15 is 0 Å². The van der Waals surface area contributed by atoms with Crippen LogP contribution in [0.25, 0.3) is 0 Å². The molecule has 0 radical (unpaired) electrons. The van der Waals surface area contributed by atoms with E-state index in [1.54, 1.807) is 10.7 Å². The Morgan fingerprint density at radius 1 is 1.35 bits per heavy atom. The number of halogens is 2. The fourth-order valence-corrected chi connectivity index (χ4v) is 2.62. The molecule has 2 nitrogen and oxygen atoms in total. The van der Waals surface area contributed by atoms with Crippen molar-refractivity contribution in [1.82, 2.24) is 9.78 Å². The molecule has 0 saturated heterocycles. The van der Waals surface area contributed by atoms with Gasteiger partial charge in [0.15, 0.2) is 0 Å². The normalized spacial score (nSPS) is 14.0. The van der Waals surface area contributed by atoms with Crippen LogP contribution < -0.4 is 0 Å². The quantitative estimate of drug-likeness (QED) is 0.800. The first-order valence-corrected chi connectivity index (χ1v) is 6.10. The summed E-state index contributed by atoms with van der Waals surface area (Å²) in [5.41, 5.74) is 3.16. The third kappa shape index (κ3) is 1.95. The van der Waals surface area contributed by atoms with Crippen molar-refractivity contribution in [3.63, 3.8) is 0 Å². The van der Waals surface area contributed by atoms with Gasteiger partial charge in [0.05, 0.1) is 12.2 Å². The summed E-state index contributed by atoms with van der Waals surface area (Å²) in [4.78, 5) is 0. The zero-order valence-electron chi connectivity index (χ0n) is 9.29. The Kier molecular flexibility index (Phi) is 2.63. The molecule has 1 aromatic heterocycles. The number of hydrogen-bond donors (Lipinski definition) is 0. The largest absolute Gasteiger partial charge is 0.249 e. The van der Waals surface area contributed by atoms with Gasteiger partial charge in [-0.1, -0.05) is 23.7 Å². The first-order chi connectivity index (χ1) is 8.24. The van der Waals surface area contributed by atoms with Crippen LogP contribution in [0.1, 0.15) is 23.2 Å². The summed E-state index contributed by atoms with van der Waals surface area (Å²) < 4.78 is 14.8. The number of aryl methyl sites for hydroxylation is 1. The number of benzene rings is 1. The molecule has 1 aromatic carbocycles. The molecule has 0 bridgehead atoms. The second-order valence-corrected chi connectivity index (χ2v) is 4.72. The molecule has 2 aromatic rings. The molecule has 88 valence electrons. The Labute approximate surface area is 104 Å². The lowest BCUT2D eigenvalue weighted by Crippen LogP contribution is -2.03. The van der Waals surface area contributed by atoms with E-state index in [9.17, 15) is 4.39 Å². The van der Waals surface area contributed by atoms with E-state index in [2.05, 4.69) is 5.10 Å². The maximum Gasteiger partial charge on any atom is 0.130 e. The van der Waals surface area contributed by atoms with E-state index in [0.29, 0.717) is 11.7 Å². The molecule has 0 amide bonds. The predicted molar refractivity (Wildman–Crippen MR) is 64.8 cm³/mol.